The van der Waals surface area contributed by atoms with Gasteiger partial charge in [-0.2, -0.15) is 15.1 Å². The summed E-state index contributed by atoms with van der Waals surface area (Å²) in [5.74, 6) is 3.03. The number of nitrogens with one attached hydrogen (secondary N) is 1. The molecule has 0 aliphatic carbocycles. The number of hydrogen-bond acceptors (Lipinski definition) is 11. The Balaban J connectivity index is 1.24. The van der Waals surface area contributed by atoms with E-state index in [0.29, 0.717) is 61.9 Å². The summed E-state index contributed by atoms with van der Waals surface area (Å²) in [7, 11) is 0. The first-order chi connectivity index (χ1) is 19.2. The number of unbranched alkanes of at least 4 members (excludes halogenated alkanes) is 1. The number of benzene rings is 1. The third kappa shape index (κ3) is 7.12. The molecule has 11 heteroatoms. The summed E-state index contributed by atoms with van der Waals surface area (Å²) in [5.41, 5.74) is 4.41. The fourth-order valence-corrected chi connectivity index (χ4v) is 4.24. The predicted molar refractivity (Wildman–Crippen MR) is 149 cm³/mol. The summed E-state index contributed by atoms with van der Waals surface area (Å²) in [6, 6.07) is 12.8. The van der Waals surface area contributed by atoms with Crippen molar-refractivity contribution in [3.05, 3.63) is 53.8 Å². The number of nitrogens with zero attached hydrogens (tertiary/aromatic N) is 5. The zero-order valence-electron chi connectivity index (χ0n) is 22.2. The smallest absolute Gasteiger partial charge is 0.338 e. The highest BCUT2D eigenvalue weighted by molar-refractivity contribution is 5.90. The molecule has 0 unspecified atom stereocenters. The van der Waals surface area contributed by atoms with Crippen LogP contribution in [0, 0.1) is 0 Å². The number of aromatic nitrogens is 2. The number of rotatable bonds is 10. The van der Waals surface area contributed by atoms with E-state index >= 15 is 0 Å². The van der Waals surface area contributed by atoms with E-state index in [2.05, 4.69) is 32.2 Å². The van der Waals surface area contributed by atoms with Gasteiger partial charge in [0.25, 0.3) is 0 Å². The van der Waals surface area contributed by atoms with Crippen molar-refractivity contribution in [2.45, 2.75) is 19.8 Å². The molecule has 11 nitrogen and oxygen atoms in total. The fourth-order valence-electron chi connectivity index (χ4n) is 4.24. The molecule has 5 rings (SSSR count). The summed E-state index contributed by atoms with van der Waals surface area (Å²) < 4.78 is 22.2. The average Bonchev–Trinajstić information content (AvgIpc) is 3.47. The van der Waals surface area contributed by atoms with Crippen LogP contribution in [0.5, 0.6) is 0 Å². The van der Waals surface area contributed by atoms with Crippen LogP contribution in [-0.4, -0.2) is 81.4 Å². The summed E-state index contributed by atoms with van der Waals surface area (Å²) in [5, 5.41) is 4.36. The molecule has 206 valence electrons. The minimum Gasteiger partial charge on any atom is -0.462 e. The minimum atomic E-state index is -0.313. The number of esters is 1. The maximum absolute atomic E-state index is 12.1. The SMILES string of the molecule is CCCCOC(=O)c1ccc(-c2ccc(/C=N/Nc3cc(N4CCOCC4)nc(N4CCOCC4)n3)o2)cc1. The van der Waals surface area contributed by atoms with Gasteiger partial charge in [0.05, 0.1) is 44.8 Å². The normalized spacial score (nSPS) is 16.0. The number of carbonyl (C=O) groups is 1. The van der Waals surface area contributed by atoms with Crippen molar-refractivity contribution in [3.8, 4) is 11.3 Å². The van der Waals surface area contributed by atoms with Crippen LogP contribution in [0.1, 0.15) is 35.9 Å². The summed E-state index contributed by atoms with van der Waals surface area (Å²) in [6.07, 6.45) is 3.44. The molecular formula is C28H34N6O5. The first kappa shape index (κ1) is 26.6. The van der Waals surface area contributed by atoms with E-state index in [4.69, 9.17) is 23.6 Å². The minimum absolute atomic E-state index is 0.313. The Morgan fingerprint density at radius 3 is 2.44 bits per heavy atom. The molecule has 0 saturated carbocycles. The van der Waals surface area contributed by atoms with Gasteiger partial charge in [-0.05, 0) is 30.7 Å². The third-order valence-electron chi connectivity index (χ3n) is 6.46. The molecule has 0 bridgehead atoms. The lowest BCUT2D eigenvalue weighted by atomic mass is 10.1. The monoisotopic (exact) mass is 534 g/mol. The van der Waals surface area contributed by atoms with E-state index in [9.17, 15) is 4.79 Å². The van der Waals surface area contributed by atoms with Crippen molar-refractivity contribution in [3.63, 3.8) is 0 Å². The zero-order valence-corrected chi connectivity index (χ0v) is 22.2. The number of anilines is 3. The van der Waals surface area contributed by atoms with E-state index in [0.717, 1.165) is 50.4 Å². The van der Waals surface area contributed by atoms with Gasteiger partial charge in [0.2, 0.25) is 5.95 Å². The zero-order chi connectivity index (χ0) is 26.9. The highest BCUT2D eigenvalue weighted by atomic mass is 16.5. The maximum atomic E-state index is 12.1. The first-order valence-electron chi connectivity index (χ1n) is 13.4. The van der Waals surface area contributed by atoms with Crippen LogP contribution in [0.15, 0.2) is 52.0 Å². The molecule has 2 aromatic heterocycles. The van der Waals surface area contributed by atoms with Crippen LogP contribution >= 0.6 is 0 Å². The van der Waals surface area contributed by atoms with E-state index in [-0.39, 0.29) is 5.97 Å². The van der Waals surface area contributed by atoms with E-state index < -0.39 is 0 Å². The number of furan rings is 1. The molecule has 0 radical (unpaired) electrons. The van der Waals surface area contributed by atoms with Gasteiger partial charge < -0.3 is 28.4 Å². The lowest BCUT2D eigenvalue weighted by Crippen LogP contribution is -2.39. The van der Waals surface area contributed by atoms with Crippen LogP contribution in [0.3, 0.4) is 0 Å². The van der Waals surface area contributed by atoms with Gasteiger partial charge in [-0.1, -0.05) is 25.5 Å². The second-order valence-corrected chi connectivity index (χ2v) is 9.25. The Kier molecular flexibility index (Phi) is 9.02. The lowest BCUT2D eigenvalue weighted by Gasteiger charge is -2.31. The van der Waals surface area contributed by atoms with Gasteiger partial charge in [-0.25, -0.2) is 4.79 Å². The first-order valence-corrected chi connectivity index (χ1v) is 13.4. The number of hydrazone groups is 1. The van der Waals surface area contributed by atoms with Crippen LogP contribution in [0.4, 0.5) is 17.6 Å². The highest BCUT2D eigenvalue weighted by Gasteiger charge is 2.19. The number of ether oxygens (including phenoxy) is 3. The average molecular weight is 535 g/mol. The molecule has 1 aromatic carbocycles. The van der Waals surface area contributed by atoms with E-state index in [1.54, 1.807) is 18.3 Å². The molecule has 2 aliphatic rings. The molecule has 0 amide bonds. The molecule has 0 atom stereocenters. The van der Waals surface area contributed by atoms with Gasteiger partial charge in [-0.3, -0.25) is 5.43 Å². The molecule has 2 fully saturated rings. The Morgan fingerprint density at radius 2 is 1.72 bits per heavy atom. The van der Waals surface area contributed by atoms with Crippen molar-refractivity contribution in [1.29, 1.82) is 0 Å². The third-order valence-corrected chi connectivity index (χ3v) is 6.46. The molecular weight excluding hydrogens is 500 g/mol. The second-order valence-electron chi connectivity index (χ2n) is 9.25. The molecule has 4 heterocycles. The van der Waals surface area contributed by atoms with Crippen molar-refractivity contribution < 1.29 is 23.4 Å². The Bertz CT molecular complexity index is 1210. The van der Waals surface area contributed by atoms with Crippen molar-refractivity contribution >= 4 is 29.8 Å². The van der Waals surface area contributed by atoms with Crippen LogP contribution in [0.25, 0.3) is 11.3 Å². The number of hydrogen-bond donors (Lipinski definition) is 1. The predicted octanol–water partition coefficient (Wildman–Crippen LogP) is 3.81. The van der Waals surface area contributed by atoms with E-state index in [1.807, 2.05) is 30.3 Å². The Hall–Kier alpha value is -3.96. The number of morpholine rings is 2. The Morgan fingerprint density at radius 1 is 1.00 bits per heavy atom. The topological polar surface area (TPSA) is 115 Å². The van der Waals surface area contributed by atoms with Gasteiger partial charge >= 0.3 is 5.97 Å². The summed E-state index contributed by atoms with van der Waals surface area (Å²) >= 11 is 0. The maximum Gasteiger partial charge on any atom is 0.338 e. The quantitative estimate of drug-likeness (QED) is 0.178. The van der Waals surface area contributed by atoms with Crippen molar-refractivity contribution in [1.82, 2.24) is 9.97 Å². The molecule has 2 aliphatic heterocycles. The largest absolute Gasteiger partial charge is 0.462 e. The standard InChI is InChI=1S/C28H34N6O5/c1-2-3-14-38-27(35)22-6-4-21(5-7-22)24-9-8-23(39-24)20-29-32-25-19-26(33-10-15-36-16-11-33)31-28(30-25)34-12-17-37-18-13-34/h4-9,19-20H,2-3,10-18H2,1H3,(H,30,31,32)/b29-20+. The van der Waals surface area contributed by atoms with Gasteiger partial charge in [0, 0.05) is 37.8 Å². The fraction of sp³-hybridized carbons (Fsp3) is 0.429. The van der Waals surface area contributed by atoms with Gasteiger partial charge in [0.15, 0.2) is 5.82 Å². The molecule has 2 saturated heterocycles. The second kappa shape index (κ2) is 13.2. The Labute approximate surface area is 227 Å². The highest BCUT2D eigenvalue weighted by Crippen LogP contribution is 2.24. The summed E-state index contributed by atoms with van der Waals surface area (Å²) in [6.45, 7) is 8.17. The molecule has 0 spiro atoms. The molecule has 1 N–H and O–H groups in total. The van der Waals surface area contributed by atoms with Crippen LogP contribution in [0.2, 0.25) is 0 Å². The number of carbonyl (C=O) groups excluding carboxylic acids is 1. The summed E-state index contributed by atoms with van der Waals surface area (Å²) in [4.78, 5) is 25.9. The van der Waals surface area contributed by atoms with Gasteiger partial charge in [-0.15, -0.1) is 0 Å². The van der Waals surface area contributed by atoms with Gasteiger partial charge in [0.1, 0.15) is 17.3 Å². The van der Waals surface area contributed by atoms with Crippen LogP contribution in [-0.2, 0) is 14.2 Å². The van der Waals surface area contributed by atoms with Crippen molar-refractivity contribution in [2.24, 2.45) is 5.10 Å². The lowest BCUT2D eigenvalue weighted by molar-refractivity contribution is 0.0499. The molecule has 3 aromatic rings. The van der Waals surface area contributed by atoms with E-state index in [1.165, 1.54) is 0 Å². The molecule has 39 heavy (non-hydrogen) atoms. The van der Waals surface area contributed by atoms with Crippen molar-refractivity contribution in [2.75, 3.05) is 74.4 Å². The van der Waals surface area contributed by atoms with Crippen LogP contribution < -0.4 is 15.2 Å².